The molecule has 2 aromatic rings. The van der Waals surface area contributed by atoms with E-state index in [1.165, 1.54) is 35.7 Å². The van der Waals surface area contributed by atoms with E-state index in [4.69, 9.17) is 10.00 Å². The van der Waals surface area contributed by atoms with Crippen molar-refractivity contribution in [2.75, 3.05) is 25.5 Å². The second kappa shape index (κ2) is 9.59. The average Bonchev–Trinajstić information content (AvgIpc) is 3.27. The Hall–Kier alpha value is -3.42. The molecule has 1 aliphatic rings. The smallest absolute Gasteiger partial charge is 0.313 e. The summed E-state index contributed by atoms with van der Waals surface area (Å²) in [6.45, 7) is 0.332. The van der Waals surface area contributed by atoms with Crippen LogP contribution in [0.25, 0.3) is 0 Å². The van der Waals surface area contributed by atoms with E-state index in [0.717, 1.165) is 0 Å². The van der Waals surface area contributed by atoms with Crippen molar-refractivity contribution in [3.05, 3.63) is 54.1 Å². The fraction of sp³-hybridized carbons (Fsp3) is 0.286. The van der Waals surface area contributed by atoms with E-state index in [2.05, 4.69) is 10.6 Å². The van der Waals surface area contributed by atoms with Crippen LogP contribution in [0.4, 0.5) is 5.69 Å². The first kappa shape index (κ1) is 22.3. The molecule has 1 atom stereocenters. The first-order chi connectivity index (χ1) is 14.9. The highest BCUT2D eigenvalue weighted by molar-refractivity contribution is 7.89. The molecule has 9 nitrogen and oxygen atoms in total. The number of hydrogen-bond donors (Lipinski definition) is 2. The summed E-state index contributed by atoms with van der Waals surface area (Å²) in [4.78, 5) is 24.5. The monoisotopic (exact) mass is 442 g/mol. The van der Waals surface area contributed by atoms with Crippen molar-refractivity contribution in [1.29, 1.82) is 5.26 Å². The Morgan fingerprint density at radius 1 is 1.16 bits per heavy atom. The summed E-state index contributed by atoms with van der Waals surface area (Å²) in [5.74, 6) is -1.28. The number of rotatable bonds is 6. The number of carbonyl (C=O) groups excluding carboxylic acids is 2. The Labute approximate surface area is 180 Å². The van der Waals surface area contributed by atoms with Crippen LogP contribution in [-0.2, 0) is 19.6 Å². The zero-order valence-corrected chi connectivity index (χ0v) is 17.7. The molecule has 0 aromatic heterocycles. The summed E-state index contributed by atoms with van der Waals surface area (Å²) >= 11 is 0. The number of methoxy groups -OCH3 is 1. The van der Waals surface area contributed by atoms with E-state index in [1.54, 1.807) is 24.3 Å². The second-order valence-corrected chi connectivity index (χ2v) is 8.80. The first-order valence-corrected chi connectivity index (χ1v) is 11.0. The number of carbonyl (C=O) groups is 2. The molecule has 10 heteroatoms. The lowest BCUT2D eigenvalue weighted by atomic mass is 10.2. The molecule has 1 unspecified atom stereocenters. The fourth-order valence-corrected chi connectivity index (χ4v) is 5.06. The summed E-state index contributed by atoms with van der Waals surface area (Å²) in [5, 5.41) is 14.0. The van der Waals surface area contributed by atoms with Gasteiger partial charge >= 0.3 is 11.8 Å². The molecule has 2 amide bonds. The van der Waals surface area contributed by atoms with E-state index < -0.39 is 27.9 Å². The molecule has 1 aliphatic heterocycles. The summed E-state index contributed by atoms with van der Waals surface area (Å²) in [6, 6.07) is 13.9. The second-order valence-electron chi connectivity index (χ2n) is 6.91. The van der Waals surface area contributed by atoms with Gasteiger partial charge in [0.2, 0.25) is 10.0 Å². The molecular weight excluding hydrogens is 420 g/mol. The highest BCUT2D eigenvalue weighted by Gasteiger charge is 2.35. The maximum atomic E-state index is 13.0. The molecule has 0 spiro atoms. The van der Waals surface area contributed by atoms with Crippen LogP contribution in [0.1, 0.15) is 18.4 Å². The van der Waals surface area contributed by atoms with Crippen LogP contribution >= 0.6 is 0 Å². The van der Waals surface area contributed by atoms with E-state index in [1.807, 2.05) is 6.07 Å². The van der Waals surface area contributed by atoms with Gasteiger partial charge in [-0.3, -0.25) is 9.59 Å². The van der Waals surface area contributed by atoms with E-state index in [0.29, 0.717) is 25.1 Å². The number of nitriles is 1. The lowest BCUT2D eigenvalue weighted by Gasteiger charge is -2.24. The molecule has 1 heterocycles. The highest BCUT2D eigenvalue weighted by Crippen LogP contribution is 2.27. The predicted octanol–water partition coefficient (Wildman–Crippen LogP) is 1.47. The van der Waals surface area contributed by atoms with Crippen LogP contribution in [0.3, 0.4) is 0 Å². The minimum atomic E-state index is -3.75. The summed E-state index contributed by atoms with van der Waals surface area (Å²) in [6.07, 6.45) is 1.21. The van der Waals surface area contributed by atoms with Crippen LogP contribution in [0.2, 0.25) is 0 Å². The first-order valence-electron chi connectivity index (χ1n) is 9.61. The van der Waals surface area contributed by atoms with Gasteiger partial charge in [0.1, 0.15) is 11.8 Å². The van der Waals surface area contributed by atoms with Crippen molar-refractivity contribution in [2.45, 2.75) is 23.8 Å². The number of amides is 2. The molecular formula is C21H22N4O5S. The molecule has 31 heavy (non-hydrogen) atoms. The molecule has 0 aliphatic carbocycles. The van der Waals surface area contributed by atoms with Crippen LogP contribution in [0.15, 0.2) is 53.4 Å². The maximum absolute atomic E-state index is 13.0. The van der Waals surface area contributed by atoms with Crippen LogP contribution in [-0.4, -0.2) is 50.8 Å². The largest absolute Gasteiger partial charge is 0.497 e. The number of para-hydroxylation sites is 1. The quantitative estimate of drug-likeness (QED) is 0.652. The van der Waals surface area contributed by atoms with Crippen molar-refractivity contribution in [2.24, 2.45) is 0 Å². The molecule has 3 rings (SSSR count). The van der Waals surface area contributed by atoms with Gasteiger partial charge in [-0.25, -0.2) is 8.42 Å². The Balaban J connectivity index is 1.63. The Morgan fingerprint density at radius 2 is 1.87 bits per heavy atom. The average molecular weight is 442 g/mol. The molecule has 1 saturated heterocycles. The van der Waals surface area contributed by atoms with E-state index in [-0.39, 0.29) is 22.7 Å². The summed E-state index contributed by atoms with van der Waals surface area (Å²) in [5.41, 5.74) is 0.464. The van der Waals surface area contributed by atoms with Crippen molar-refractivity contribution in [1.82, 2.24) is 9.62 Å². The molecule has 0 bridgehead atoms. The third kappa shape index (κ3) is 5.02. The lowest BCUT2D eigenvalue weighted by Crippen LogP contribution is -2.45. The third-order valence-electron chi connectivity index (χ3n) is 4.99. The Morgan fingerprint density at radius 3 is 2.55 bits per heavy atom. The van der Waals surface area contributed by atoms with E-state index >= 15 is 0 Å². The minimum absolute atomic E-state index is 0.00152. The van der Waals surface area contributed by atoms with Crippen LogP contribution in [0, 0.1) is 11.3 Å². The lowest BCUT2D eigenvalue weighted by molar-refractivity contribution is -0.136. The molecule has 162 valence electrons. The zero-order chi connectivity index (χ0) is 22.4. The third-order valence-corrected chi connectivity index (χ3v) is 6.96. The summed E-state index contributed by atoms with van der Waals surface area (Å²) in [7, 11) is -2.25. The van der Waals surface area contributed by atoms with Crippen molar-refractivity contribution in [3.63, 3.8) is 0 Å². The van der Waals surface area contributed by atoms with Crippen LogP contribution < -0.4 is 15.4 Å². The topological polar surface area (TPSA) is 129 Å². The number of hydrogen-bond acceptors (Lipinski definition) is 6. The van der Waals surface area contributed by atoms with Gasteiger partial charge in [0.05, 0.1) is 23.3 Å². The van der Waals surface area contributed by atoms with Gasteiger partial charge < -0.3 is 15.4 Å². The van der Waals surface area contributed by atoms with Gasteiger partial charge in [0, 0.05) is 19.1 Å². The predicted molar refractivity (Wildman–Crippen MR) is 113 cm³/mol. The highest BCUT2D eigenvalue weighted by atomic mass is 32.2. The van der Waals surface area contributed by atoms with Crippen molar-refractivity contribution < 1.29 is 22.7 Å². The number of benzene rings is 2. The van der Waals surface area contributed by atoms with Gasteiger partial charge in [-0.2, -0.15) is 9.57 Å². The normalized spacial score (nSPS) is 16.3. The number of anilines is 1. The number of nitrogens with zero attached hydrogens (tertiary/aromatic N) is 2. The fourth-order valence-electron chi connectivity index (χ4n) is 3.37. The number of sulfonamides is 1. The molecule has 2 N–H and O–H groups in total. The van der Waals surface area contributed by atoms with Crippen molar-refractivity contribution >= 4 is 27.5 Å². The summed E-state index contributed by atoms with van der Waals surface area (Å²) < 4.78 is 32.4. The molecule has 2 aromatic carbocycles. The number of nitrogens with one attached hydrogen (secondary N) is 2. The van der Waals surface area contributed by atoms with Gasteiger partial charge in [0.25, 0.3) is 0 Å². The Kier molecular flexibility index (Phi) is 6.89. The maximum Gasteiger partial charge on any atom is 0.313 e. The zero-order valence-electron chi connectivity index (χ0n) is 16.9. The Bertz CT molecular complexity index is 1110. The van der Waals surface area contributed by atoms with E-state index in [9.17, 15) is 18.0 Å². The van der Waals surface area contributed by atoms with Crippen molar-refractivity contribution in [3.8, 4) is 11.8 Å². The van der Waals surface area contributed by atoms with Gasteiger partial charge in [-0.1, -0.05) is 12.1 Å². The minimum Gasteiger partial charge on any atom is -0.497 e. The SMILES string of the molecule is COc1ccc(S(=O)(=O)N2CCCC2CNC(=O)C(=O)Nc2ccccc2C#N)cc1. The number of ether oxygens (including phenoxy) is 1. The molecule has 1 fully saturated rings. The van der Waals surface area contributed by atoms with Gasteiger partial charge in [-0.15, -0.1) is 0 Å². The molecule has 0 saturated carbocycles. The molecule has 0 radical (unpaired) electrons. The van der Waals surface area contributed by atoms with Gasteiger partial charge in [-0.05, 0) is 49.2 Å². The standard InChI is InChI=1S/C21H22N4O5S/c1-30-17-8-10-18(11-9-17)31(28,29)25-12-4-6-16(25)14-23-20(26)21(27)24-19-7-3-2-5-15(19)13-22/h2-3,5,7-11,16H,4,6,12,14H2,1H3,(H,23,26)(H,24,27). The van der Waals surface area contributed by atoms with Crippen LogP contribution in [0.5, 0.6) is 5.75 Å². The van der Waals surface area contributed by atoms with Gasteiger partial charge in [0.15, 0.2) is 0 Å².